The van der Waals surface area contributed by atoms with Gasteiger partial charge in [0.25, 0.3) is 0 Å². The minimum Gasteiger partial charge on any atom is -0.309 e. The highest BCUT2D eigenvalue weighted by molar-refractivity contribution is 6.11. The van der Waals surface area contributed by atoms with E-state index >= 15 is 0 Å². The summed E-state index contributed by atoms with van der Waals surface area (Å²) < 4.78 is 2.28. The van der Waals surface area contributed by atoms with E-state index in [2.05, 4.69) is 137 Å². The number of hydrogen-bond acceptors (Lipinski definition) is 4. The molecule has 0 aliphatic rings. The molecule has 0 aliphatic carbocycles. The predicted molar refractivity (Wildman–Crippen MR) is 232 cm³/mol. The van der Waals surface area contributed by atoms with Crippen molar-refractivity contribution in [1.82, 2.24) is 24.5 Å². The molecule has 11 rings (SSSR count). The van der Waals surface area contributed by atoms with Gasteiger partial charge in [-0.1, -0.05) is 115 Å². The highest BCUT2D eigenvalue weighted by Crippen LogP contribution is 2.37. The number of aromatic nitrogens is 5. The van der Waals surface area contributed by atoms with E-state index in [0.29, 0.717) is 23.2 Å². The van der Waals surface area contributed by atoms with Crippen LogP contribution < -0.4 is 0 Å². The van der Waals surface area contributed by atoms with Gasteiger partial charge in [0.1, 0.15) is 0 Å². The number of fused-ring (bicyclic) bond motifs is 6. The summed E-state index contributed by atoms with van der Waals surface area (Å²) in [7, 11) is 0. The minimum atomic E-state index is 0.552. The number of nitrogens with zero attached hydrogens (tertiary/aromatic N) is 6. The Labute approximate surface area is 327 Å². The first-order valence-electron chi connectivity index (χ1n) is 18.8. The van der Waals surface area contributed by atoms with E-state index < -0.39 is 0 Å². The number of rotatable bonds is 5. The molecule has 0 spiro atoms. The van der Waals surface area contributed by atoms with Gasteiger partial charge in [-0.25, -0.2) is 19.8 Å². The van der Waals surface area contributed by atoms with Gasteiger partial charge in [0, 0.05) is 39.5 Å². The van der Waals surface area contributed by atoms with Gasteiger partial charge < -0.3 is 4.57 Å². The predicted octanol–water partition coefficient (Wildman–Crippen LogP) is 13.0. The van der Waals surface area contributed by atoms with Gasteiger partial charge in [-0.05, 0) is 98.4 Å². The smallest absolute Gasteiger partial charge is 0.188 e. The second-order valence-corrected chi connectivity index (χ2v) is 14.3. The van der Waals surface area contributed by atoms with E-state index in [1.807, 2.05) is 54.7 Å². The first-order chi connectivity index (χ1) is 28.1. The van der Waals surface area contributed by atoms with Crippen LogP contribution in [0.1, 0.15) is 0 Å². The molecule has 0 amide bonds. The molecule has 0 aliphatic heterocycles. The Kier molecular flexibility index (Phi) is 7.44. The molecule has 3 aromatic heterocycles. The fraction of sp³-hybridized carbons (Fsp3) is 0. The summed E-state index contributed by atoms with van der Waals surface area (Å²) in [6.07, 6.45) is 1.85. The summed E-state index contributed by atoms with van der Waals surface area (Å²) in [5.41, 5.74) is 8.22. The number of pyridine rings is 1. The molecule has 8 aromatic carbocycles. The van der Waals surface area contributed by atoms with Gasteiger partial charge in [-0.3, -0.25) is 4.98 Å². The van der Waals surface area contributed by atoms with Crippen molar-refractivity contribution in [1.29, 1.82) is 0 Å². The largest absolute Gasteiger partial charge is 0.309 e. The summed E-state index contributed by atoms with van der Waals surface area (Å²) >= 11 is 0. The maximum Gasteiger partial charge on any atom is 0.188 e. The summed E-state index contributed by atoms with van der Waals surface area (Å²) in [5, 5.41) is 9.02. The Bertz CT molecular complexity index is 3330. The van der Waals surface area contributed by atoms with Crippen LogP contribution in [-0.2, 0) is 0 Å². The fourth-order valence-corrected chi connectivity index (χ4v) is 7.95. The lowest BCUT2D eigenvalue weighted by molar-refractivity contribution is 1.07. The third kappa shape index (κ3) is 5.65. The quantitative estimate of drug-likeness (QED) is 0.166. The minimum absolute atomic E-state index is 0.552. The maximum absolute atomic E-state index is 7.74. The fourth-order valence-electron chi connectivity index (χ4n) is 7.95. The highest BCUT2D eigenvalue weighted by atomic mass is 15.0. The molecule has 6 heteroatoms. The molecule has 0 atom stereocenters. The van der Waals surface area contributed by atoms with Gasteiger partial charge in [0.2, 0.25) is 0 Å². The average molecular weight is 727 g/mol. The molecule has 0 radical (unpaired) electrons. The van der Waals surface area contributed by atoms with Crippen LogP contribution in [0.5, 0.6) is 0 Å². The molecule has 57 heavy (non-hydrogen) atoms. The first kappa shape index (κ1) is 32.4. The topological polar surface area (TPSA) is 60.9 Å². The summed E-state index contributed by atoms with van der Waals surface area (Å²) in [6.45, 7) is 7.74. The van der Waals surface area contributed by atoms with E-state index in [4.69, 9.17) is 26.5 Å². The molecular weight excluding hydrogens is 697 g/mol. The molecule has 264 valence electrons. The van der Waals surface area contributed by atoms with Crippen molar-refractivity contribution >= 4 is 59.8 Å². The number of hydrogen-bond donors (Lipinski definition) is 0. The van der Waals surface area contributed by atoms with E-state index in [0.717, 1.165) is 77.0 Å². The molecule has 0 fully saturated rings. The Morgan fingerprint density at radius 1 is 0.404 bits per heavy atom. The third-order valence-corrected chi connectivity index (χ3v) is 10.8. The molecule has 0 bridgehead atoms. The van der Waals surface area contributed by atoms with E-state index in [1.54, 1.807) is 0 Å². The van der Waals surface area contributed by atoms with E-state index in [9.17, 15) is 0 Å². The molecular formula is C51H30N6. The zero-order valence-corrected chi connectivity index (χ0v) is 30.5. The standard InChI is InChI=1S/C51H30N6/c1-52-42-21-25-48-45(30-42)44-29-38(20-24-47(44)57(48)43-22-18-34-10-4-7-13-37(34)28-43)46-23-19-41(31-53-46)51-55-49(39-16-14-32-8-2-5-11-35(32)26-39)54-50(56-51)40-17-15-33-9-3-6-12-36(33)27-40/h2-31H. The zero-order chi connectivity index (χ0) is 37.9. The first-order valence-corrected chi connectivity index (χ1v) is 18.8. The zero-order valence-electron chi connectivity index (χ0n) is 30.5. The van der Waals surface area contributed by atoms with Crippen molar-refractivity contribution in [2.75, 3.05) is 0 Å². The Morgan fingerprint density at radius 3 is 1.47 bits per heavy atom. The number of benzene rings is 8. The average Bonchev–Trinajstić information content (AvgIpc) is 3.61. The van der Waals surface area contributed by atoms with Crippen molar-refractivity contribution in [2.24, 2.45) is 0 Å². The third-order valence-electron chi connectivity index (χ3n) is 10.8. The van der Waals surface area contributed by atoms with E-state index in [-0.39, 0.29) is 0 Å². The van der Waals surface area contributed by atoms with Crippen LogP contribution in [0.3, 0.4) is 0 Å². The molecule has 11 aromatic rings. The molecule has 3 heterocycles. The molecule has 0 saturated heterocycles. The monoisotopic (exact) mass is 726 g/mol. The lowest BCUT2D eigenvalue weighted by Gasteiger charge is -2.10. The van der Waals surface area contributed by atoms with Crippen molar-refractivity contribution in [2.45, 2.75) is 0 Å². The van der Waals surface area contributed by atoms with Crippen LogP contribution in [0.15, 0.2) is 182 Å². The van der Waals surface area contributed by atoms with Crippen molar-refractivity contribution in [3.63, 3.8) is 0 Å². The van der Waals surface area contributed by atoms with Crippen molar-refractivity contribution in [3.8, 4) is 51.1 Å². The molecule has 6 nitrogen and oxygen atoms in total. The van der Waals surface area contributed by atoms with Crippen LogP contribution in [0.2, 0.25) is 0 Å². The van der Waals surface area contributed by atoms with E-state index in [1.165, 1.54) is 10.8 Å². The van der Waals surface area contributed by atoms with Crippen LogP contribution >= 0.6 is 0 Å². The summed E-state index contributed by atoms with van der Waals surface area (Å²) in [5.74, 6) is 1.76. The SMILES string of the molecule is [C-]#[N+]c1ccc2c(c1)c1cc(-c3ccc(-c4nc(-c5ccc6ccccc6c5)nc(-c5ccc6ccccc6c5)n4)cn3)ccc1n2-c1ccc2ccccc2c1. The van der Waals surface area contributed by atoms with Crippen LogP contribution in [-0.4, -0.2) is 24.5 Å². The lowest BCUT2D eigenvalue weighted by Crippen LogP contribution is -2.00. The highest BCUT2D eigenvalue weighted by Gasteiger charge is 2.17. The van der Waals surface area contributed by atoms with Gasteiger partial charge in [0.05, 0.1) is 23.3 Å². The molecule has 0 unspecified atom stereocenters. The van der Waals surface area contributed by atoms with Crippen molar-refractivity contribution in [3.05, 3.63) is 194 Å². The van der Waals surface area contributed by atoms with Gasteiger partial charge >= 0.3 is 0 Å². The molecule has 0 saturated carbocycles. The van der Waals surface area contributed by atoms with Gasteiger partial charge in [0.15, 0.2) is 23.2 Å². The van der Waals surface area contributed by atoms with Crippen LogP contribution in [0.4, 0.5) is 5.69 Å². The van der Waals surface area contributed by atoms with Gasteiger partial charge in [-0.2, -0.15) is 0 Å². The maximum atomic E-state index is 7.74. The Balaban J connectivity index is 1.02. The normalized spacial score (nSPS) is 11.5. The second kappa shape index (κ2) is 13.1. The van der Waals surface area contributed by atoms with Crippen LogP contribution in [0.25, 0.3) is 110 Å². The summed E-state index contributed by atoms with van der Waals surface area (Å²) in [6, 6.07) is 60.7. The second-order valence-electron chi connectivity index (χ2n) is 14.3. The van der Waals surface area contributed by atoms with Gasteiger partial charge in [-0.15, -0.1) is 0 Å². The Morgan fingerprint density at radius 2 is 0.895 bits per heavy atom. The summed E-state index contributed by atoms with van der Waals surface area (Å²) in [4.78, 5) is 23.8. The van der Waals surface area contributed by atoms with Crippen LogP contribution in [0, 0.1) is 6.57 Å². The lowest BCUT2D eigenvalue weighted by atomic mass is 10.0. The Hall–Kier alpha value is -8.01. The van der Waals surface area contributed by atoms with Crippen molar-refractivity contribution < 1.29 is 0 Å². The molecule has 0 N–H and O–H groups in total.